The van der Waals surface area contributed by atoms with E-state index in [9.17, 15) is 18.0 Å². The summed E-state index contributed by atoms with van der Waals surface area (Å²) >= 11 is 0. The molecule has 0 saturated carbocycles. The van der Waals surface area contributed by atoms with Crippen molar-refractivity contribution in [3.63, 3.8) is 0 Å². The van der Waals surface area contributed by atoms with Crippen LogP contribution in [0.1, 0.15) is 76.8 Å². The molecule has 1 aliphatic carbocycles. The van der Waals surface area contributed by atoms with Crippen molar-refractivity contribution in [3.8, 4) is 22.6 Å². The maximum Gasteiger partial charge on any atom is 0.417 e. The van der Waals surface area contributed by atoms with Crippen molar-refractivity contribution in [1.29, 1.82) is 0 Å². The lowest BCUT2D eigenvalue weighted by molar-refractivity contribution is -0.154. The molecule has 1 N–H and O–H groups in total. The van der Waals surface area contributed by atoms with Gasteiger partial charge in [-0.2, -0.15) is 23.4 Å². The largest absolute Gasteiger partial charge is 0.460 e. The molecule has 0 fully saturated rings. The number of halogens is 3. The Balaban J connectivity index is 1.63. The molecule has 200 valence electrons. The second-order valence-corrected chi connectivity index (χ2v) is 11.6. The predicted molar refractivity (Wildman–Crippen MR) is 136 cm³/mol. The Labute approximate surface area is 215 Å². The second-order valence-electron chi connectivity index (χ2n) is 11.6. The van der Waals surface area contributed by atoms with Crippen molar-refractivity contribution in [2.24, 2.45) is 5.41 Å². The Bertz CT molecular complexity index is 1300. The van der Waals surface area contributed by atoms with Crippen LogP contribution < -0.4 is 0 Å². The van der Waals surface area contributed by atoms with Crippen LogP contribution in [0.2, 0.25) is 0 Å². The molecular weight excluding hydrogens is 481 g/mol. The average molecular weight is 517 g/mol. The molecular formula is C28H35F3N4O2. The molecule has 0 atom stereocenters. The fourth-order valence-electron chi connectivity index (χ4n) is 4.90. The number of aromatic amines is 1. The first-order chi connectivity index (χ1) is 17.2. The van der Waals surface area contributed by atoms with Gasteiger partial charge >= 0.3 is 12.1 Å². The van der Waals surface area contributed by atoms with Gasteiger partial charge in [-0.05, 0) is 76.5 Å². The van der Waals surface area contributed by atoms with Crippen LogP contribution >= 0.6 is 0 Å². The number of fused-ring (bicyclic) bond motifs is 1. The van der Waals surface area contributed by atoms with Gasteiger partial charge in [0.15, 0.2) is 0 Å². The van der Waals surface area contributed by atoms with Crippen molar-refractivity contribution in [2.75, 3.05) is 0 Å². The molecule has 0 bridgehead atoms. The first-order valence-electron chi connectivity index (χ1n) is 12.7. The minimum atomic E-state index is -4.58. The summed E-state index contributed by atoms with van der Waals surface area (Å²) in [5, 5.41) is 12.0. The number of nitrogens with one attached hydrogen (secondary N) is 1. The molecule has 2 aromatic heterocycles. The molecule has 0 radical (unpaired) electrons. The number of rotatable bonds is 6. The number of aryl methyl sites for hydroxylation is 2. The fraction of sp³-hybridized carbons (Fsp3) is 0.536. The molecule has 9 heteroatoms. The summed E-state index contributed by atoms with van der Waals surface area (Å²) in [6.45, 7) is 12.5. The molecule has 0 spiro atoms. The van der Waals surface area contributed by atoms with E-state index in [-0.39, 0.29) is 29.5 Å². The molecule has 1 aliphatic rings. The van der Waals surface area contributed by atoms with E-state index < -0.39 is 23.3 Å². The minimum absolute atomic E-state index is 0.00245. The second kappa shape index (κ2) is 9.65. The maximum atomic E-state index is 14.1. The lowest BCUT2D eigenvalue weighted by atomic mass is 9.76. The first-order valence-corrected chi connectivity index (χ1v) is 12.7. The van der Waals surface area contributed by atoms with Crippen molar-refractivity contribution in [2.45, 2.75) is 92.0 Å². The monoisotopic (exact) mass is 516 g/mol. The number of hydrogen-bond donors (Lipinski definition) is 1. The number of hydrogen-bond acceptors (Lipinski definition) is 4. The Morgan fingerprint density at radius 1 is 1.19 bits per heavy atom. The minimum Gasteiger partial charge on any atom is -0.460 e. The molecule has 3 aromatic rings. The molecule has 2 heterocycles. The van der Waals surface area contributed by atoms with Gasteiger partial charge in [-0.3, -0.25) is 14.6 Å². The van der Waals surface area contributed by atoms with Gasteiger partial charge in [0.25, 0.3) is 0 Å². The highest BCUT2D eigenvalue weighted by molar-refractivity contribution is 5.72. The van der Waals surface area contributed by atoms with Crippen LogP contribution in [0.15, 0.2) is 24.3 Å². The Hall–Kier alpha value is -3.10. The third-order valence-corrected chi connectivity index (χ3v) is 6.70. The molecule has 37 heavy (non-hydrogen) atoms. The Morgan fingerprint density at radius 3 is 2.57 bits per heavy atom. The summed E-state index contributed by atoms with van der Waals surface area (Å²) in [5.74, 6) is -0.444. The molecule has 1 aromatic carbocycles. The summed E-state index contributed by atoms with van der Waals surface area (Å²) < 4.78 is 49.5. The van der Waals surface area contributed by atoms with Crippen molar-refractivity contribution < 1.29 is 22.7 Å². The van der Waals surface area contributed by atoms with E-state index >= 15 is 0 Å². The molecule has 0 amide bonds. The van der Waals surface area contributed by atoms with Crippen LogP contribution in [0.25, 0.3) is 22.6 Å². The van der Waals surface area contributed by atoms with E-state index in [4.69, 9.17) is 9.84 Å². The number of nitrogens with zero attached hydrogens (tertiary/aromatic N) is 3. The zero-order chi connectivity index (χ0) is 27.2. The van der Waals surface area contributed by atoms with E-state index in [1.165, 1.54) is 11.8 Å². The van der Waals surface area contributed by atoms with E-state index in [0.717, 1.165) is 43.1 Å². The normalized spacial score (nSPS) is 15.5. The molecule has 0 saturated heterocycles. The van der Waals surface area contributed by atoms with Crippen LogP contribution in [0, 0.1) is 5.41 Å². The summed E-state index contributed by atoms with van der Waals surface area (Å²) in [6.07, 6.45) is -1.62. The summed E-state index contributed by atoms with van der Waals surface area (Å²) in [4.78, 5) is 12.0. The van der Waals surface area contributed by atoms with Crippen LogP contribution in [-0.4, -0.2) is 31.5 Å². The number of carbonyl (C=O) groups is 1. The zero-order valence-electron chi connectivity index (χ0n) is 22.3. The quantitative estimate of drug-likeness (QED) is 0.367. The number of alkyl halides is 3. The van der Waals surface area contributed by atoms with Crippen molar-refractivity contribution >= 4 is 5.97 Å². The topological polar surface area (TPSA) is 72.8 Å². The lowest BCUT2D eigenvalue weighted by Crippen LogP contribution is -2.24. The highest BCUT2D eigenvalue weighted by atomic mass is 19.4. The smallest absolute Gasteiger partial charge is 0.417 e. The lowest BCUT2D eigenvalue weighted by Gasteiger charge is -2.30. The van der Waals surface area contributed by atoms with Crippen molar-refractivity contribution in [3.05, 3.63) is 46.6 Å². The van der Waals surface area contributed by atoms with Gasteiger partial charge in [0, 0.05) is 29.8 Å². The van der Waals surface area contributed by atoms with Gasteiger partial charge in [-0.15, -0.1) is 0 Å². The van der Waals surface area contributed by atoms with E-state index in [0.29, 0.717) is 11.3 Å². The number of H-pyrrole nitrogens is 1. The van der Waals surface area contributed by atoms with E-state index in [1.54, 1.807) is 32.9 Å². The van der Waals surface area contributed by atoms with Gasteiger partial charge in [0.1, 0.15) is 11.3 Å². The number of benzene rings is 1. The average Bonchev–Trinajstić information content (AvgIpc) is 3.39. The fourth-order valence-corrected chi connectivity index (χ4v) is 4.90. The number of carbonyl (C=O) groups excluding carboxylic acids is 1. The highest BCUT2D eigenvalue weighted by Gasteiger charge is 2.35. The molecule has 4 rings (SSSR count). The van der Waals surface area contributed by atoms with Crippen LogP contribution in [0.5, 0.6) is 0 Å². The number of aromatic nitrogens is 4. The highest BCUT2D eigenvalue weighted by Crippen LogP contribution is 2.41. The number of ether oxygens (including phenoxy) is 1. The third-order valence-electron chi connectivity index (χ3n) is 6.70. The third kappa shape index (κ3) is 6.08. The predicted octanol–water partition coefficient (Wildman–Crippen LogP) is 6.77. The zero-order valence-corrected chi connectivity index (χ0v) is 22.3. The van der Waals surface area contributed by atoms with Gasteiger partial charge in [0.2, 0.25) is 0 Å². The summed E-state index contributed by atoms with van der Waals surface area (Å²) in [7, 11) is 0. The van der Waals surface area contributed by atoms with E-state index in [1.807, 2.05) is 11.6 Å². The van der Waals surface area contributed by atoms with Gasteiger partial charge < -0.3 is 4.74 Å². The Morgan fingerprint density at radius 2 is 1.92 bits per heavy atom. The standard InChI is InChI=1S/C28H35F3N4O2/c1-7-35-23-16-27(5,6)13-12-19(23)25(34-35)22-15-21(32-33-22)18-10-8-17(14-20(18)28(29,30)31)9-11-24(36)37-26(2,3)4/h8,10,14-15H,7,9,11-13,16H2,1-6H3,(H,32,33). The van der Waals surface area contributed by atoms with Crippen LogP contribution in [0.3, 0.4) is 0 Å². The van der Waals surface area contributed by atoms with Gasteiger partial charge in [0.05, 0.1) is 17.0 Å². The van der Waals surface area contributed by atoms with Gasteiger partial charge in [-0.1, -0.05) is 26.0 Å². The Kier molecular flexibility index (Phi) is 7.03. The van der Waals surface area contributed by atoms with Crippen LogP contribution in [-0.2, 0) is 41.5 Å². The van der Waals surface area contributed by atoms with Gasteiger partial charge in [-0.25, -0.2) is 0 Å². The van der Waals surface area contributed by atoms with Crippen molar-refractivity contribution in [1.82, 2.24) is 20.0 Å². The summed E-state index contributed by atoms with van der Waals surface area (Å²) in [6, 6.07) is 5.78. The van der Waals surface area contributed by atoms with E-state index in [2.05, 4.69) is 24.0 Å². The number of esters is 1. The van der Waals surface area contributed by atoms with Crippen LogP contribution in [0.4, 0.5) is 13.2 Å². The first kappa shape index (κ1) is 26.9. The molecule has 0 aliphatic heterocycles. The summed E-state index contributed by atoms with van der Waals surface area (Å²) in [5.41, 5.74) is 3.07. The SMILES string of the molecule is CCn1nc(-c2cc(-c3ccc(CCC(=O)OC(C)(C)C)cc3C(F)(F)F)n[nH]2)c2c1CC(C)(C)CC2. The molecule has 0 unspecified atom stereocenters. The molecule has 6 nitrogen and oxygen atoms in total. The maximum absolute atomic E-state index is 14.1.